The number of carbonyl (C=O) groups excluding carboxylic acids is 1. The number of anilines is 1. The summed E-state index contributed by atoms with van der Waals surface area (Å²) in [4.78, 5) is 17.4. The third kappa shape index (κ3) is 2.57. The summed E-state index contributed by atoms with van der Waals surface area (Å²) in [5.41, 5.74) is 6.55. The predicted molar refractivity (Wildman–Crippen MR) is 74.0 cm³/mol. The van der Waals surface area contributed by atoms with E-state index in [1.165, 1.54) is 0 Å². The lowest BCUT2D eigenvalue weighted by Crippen LogP contribution is -2.15. The van der Waals surface area contributed by atoms with Crippen LogP contribution in [0.15, 0.2) is 24.3 Å². The van der Waals surface area contributed by atoms with Crippen LogP contribution in [0.1, 0.15) is 17.3 Å². The van der Waals surface area contributed by atoms with E-state index < -0.39 is 5.91 Å². The number of nitrogens with zero attached hydrogens (tertiary/aromatic N) is 4. The normalized spacial score (nSPS) is 10.5. The minimum Gasteiger partial charge on any atom is -0.366 e. The van der Waals surface area contributed by atoms with Gasteiger partial charge in [-0.15, -0.1) is 5.10 Å². The molecule has 1 heterocycles. The van der Waals surface area contributed by atoms with Crippen molar-refractivity contribution in [3.05, 3.63) is 29.8 Å². The van der Waals surface area contributed by atoms with Gasteiger partial charge in [0.15, 0.2) is 5.82 Å². The summed E-state index contributed by atoms with van der Waals surface area (Å²) in [6.45, 7) is 2.77. The molecule has 2 rings (SSSR count). The SMILES string of the molecule is CCn1nc(-c2ccc(C(N)=O)cc2)nc1N(C)C. The highest BCUT2D eigenvalue weighted by Crippen LogP contribution is 2.19. The van der Waals surface area contributed by atoms with Gasteiger partial charge in [-0.3, -0.25) is 4.79 Å². The van der Waals surface area contributed by atoms with E-state index in [-0.39, 0.29) is 0 Å². The van der Waals surface area contributed by atoms with E-state index in [0.29, 0.717) is 11.4 Å². The molecule has 0 radical (unpaired) electrons. The summed E-state index contributed by atoms with van der Waals surface area (Å²) in [6.07, 6.45) is 0. The van der Waals surface area contributed by atoms with E-state index in [0.717, 1.165) is 18.1 Å². The average molecular weight is 259 g/mol. The van der Waals surface area contributed by atoms with E-state index in [9.17, 15) is 4.79 Å². The van der Waals surface area contributed by atoms with E-state index in [2.05, 4.69) is 10.1 Å². The van der Waals surface area contributed by atoms with Gasteiger partial charge in [0.1, 0.15) is 0 Å². The molecule has 1 aromatic carbocycles. The summed E-state index contributed by atoms with van der Waals surface area (Å²) in [5.74, 6) is 1.01. The van der Waals surface area contributed by atoms with Crippen LogP contribution in [-0.4, -0.2) is 34.8 Å². The van der Waals surface area contributed by atoms with Gasteiger partial charge in [-0.25, -0.2) is 4.68 Å². The fraction of sp³-hybridized carbons (Fsp3) is 0.308. The zero-order valence-electron chi connectivity index (χ0n) is 11.3. The van der Waals surface area contributed by atoms with Crippen molar-refractivity contribution in [3.63, 3.8) is 0 Å². The molecule has 6 heteroatoms. The minimum absolute atomic E-state index is 0.437. The average Bonchev–Trinajstić information content (AvgIpc) is 2.83. The first kappa shape index (κ1) is 13.1. The molecule has 0 aliphatic rings. The standard InChI is InChI=1S/C13H17N5O/c1-4-18-13(17(2)3)15-12(16-18)10-7-5-9(6-8-10)11(14)19/h5-8H,4H2,1-3H3,(H2,14,19). The van der Waals surface area contributed by atoms with Gasteiger partial charge in [0.25, 0.3) is 0 Å². The molecule has 0 unspecified atom stereocenters. The maximum atomic E-state index is 11.0. The zero-order chi connectivity index (χ0) is 14.0. The Morgan fingerprint density at radius 1 is 1.32 bits per heavy atom. The van der Waals surface area contributed by atoms with Gasteiger partial charge < -0.3 is 10.6 Å². The summed E-state index contributed by atoms with van der Waals surface area (Å²) in [7, 11) is 3.85. The molecule has 6 nitrogen and oxygen atoms in total. The molecule has 0 spiro atoms. The van der Waals surface area contributed by atoms with Crippen LogP contribution in [0.2, 0.25) is 0 Å². The highest BCUT2D eigenvalue weighted by Gasteiger charge is 2.12. The zero-order valence-corrected chi connectivity index (χ0v) is 11.3. The second-order valence-corrected chi connectivity index (χ2v) is 4.39. The topological polar surface area (TPSA) is 77.0 Å². The van der Waals surface area contributed by atoms with Crippen molar-refractivity contribution in [3.8, 4) is 11.4 Å². The van der Waals surface area contributed by atoms with Gasteiger partial charge >= 0.3 is 0 Å². The maximum absolute atomic E-state index is 11.0. The molecule has 0 saturated carbocycles. The van der Waals surface area contributed by atoms with Crippen molar-refractivity contribution < 1.29 is 4.79 Å². The second-order valence-electron chi connectivity index (χ2n) is 4.39. The number of nitrogens with two attached hydrogens (primary N) is 1. The Kier molecular flexibility index (Phi) is 3.50. The van der Waals surface area contributed by atoms with Crippen molar-refractivity contribution in [1.82, 2.24) is 14.8 Å². The molecule has 0 bridgehead atoms. The minimum atomic E-state index is -0.437. The van der Waals surface area contributed by atoms with Crippen LogP contribution in [0, 0.1) is 0 Å². The van der Waals surface area contributed by atoms with Crippen LogP contribution < -0.4 is 10.6 Å². The number of benzene rings is 1. The molecule has 0 aliphatic carbocycles. The first-order valence-electron chi connectivity index (χ1n) is 6.05. The van der Waals surface area contributed by atoms with Crippen molar-refractivity contribution in [1.29, 1.82) is 0 Å². The fourth-order valence-electron chi connectivity index (χ4n) is 1.78. The van der Waals surface area contributed by atoms with Gasteiger partial charge in [-0.2, -0.15) is 4.98 Å². The quantitative estimate of drug-likeness (QED) is 0.893. The first-order valence-corrected chi connectivity index (χ1v) is 6.05. The second kappa shape index (κ2) is 5.09. The molecule has 100 valence electrons. The Bertz CT molecular complexity index is 586. The molecule has 1 aromatic heterocycles. The van der Waals surface area contributed by atoms with Gasteiger partial charge in [-0.1, -0.05) is 12.1 Å². The molecule has 1 amide bonds. The lowest BCUT2D eigenvalue weighted by molar-refractivity contribution is 0.100. The maximum Gasteiger partial charge on any atom is 0.248 e. The number of primary amides is 1. The highest BCUT2D eigenvalue weighted by atomic mass is 16.1. The van der Waals surface area contributed by atoms with E-state index in [1.807, 2.05) is 30.6 Å². The van der Waals surface area contributed by atoms with Crippen molar-refractivity contribution in [2.24, 2.45) is 5.73 Å². The van der Waals surface area contributed by atoms with E-state index in [4.69, 9.17) is 5.73 Å². The number of carbonyl (C=O) groups is 1. The number of amides is 1. The lowest BCUT2D eigenvalue weighted by atomic mass is 10.1. The molecule has 0 atom stereocenters. The smallest absolute Gasteiger partial charge is 0.248 e. The number of aryl methyl sites for hydroxylation is 1. The summed E-state index contributed by atoms with van der Waals surface area (Å²) in [6, 6.07) is 6.96. The number of rotatable bonds is 4. The summed E-state index contributed by atoms with van der Waals surface area (Å²) < 4.78 is 1.83. The Morgan fingerprint density at radius 2 is 1.95 bits per heavy atom. The first-order chi connectivity index (χ1) is 9.02. The van der Waals surface area contributed by atoms with Gasteiger partial charge in [0.2, 0.25) is 11.9 Å². The Hall–Kier alpha value is -2.37. The van der Waals surface area contributed by atoms with E-state index in [1.54, 1.807) is 24.3 Å². The summed E-state index contributed by atoms with van der Waals surface area (Å²) >= 11 is 0. The van der Waals surface area contributed by atoms with Crippen molar-refractivity contribution >= 4 is 11.9 Å². The Labute approximate surface area is 111 Å². The van der Waals surface area contributed by atoms with Crippen LogP contribution in [0.5, 0.6) is 0 Å². The molecule has 2 N–H and O–H groups in total. The van der Waals surface area contributed by atoms with Crippen LogP contribution in [0.3, 0.4) is 0 Å². The monoisotopic (exact) mass is 259 g/mol. The molecule has 0 saturated heterocycles. The van der Waals surface area contributed by atoms with Crippen LogP contribution in [-0.2, 0) is 6.54 Å². The highest BCUT2D eigenvalue weighted by molar-refractivity contribution is 5.93. The van der Waals surface area contributed by atoms with E-state index >= 15 is 0 Å². The molecule has 0 fully saturated rings. The predicted octanol–water partition coefficient (Wildman–Crippen LogP) is 1.13. The molecule has 0 aliphatic heterocycles. The molecular formula is C13H17N5O. The largest absolute Gasteiger partial charge is 0.366 e. The van der Waals surface area contributed by atoms with Gasteiger partial charge in [0, 0.05) is 31.8 Å². The Balaban J connectivity index is 2.39. The molecular weight excluding hydrogens is 242 g/mol. The Morgan fingerprint density at radius 3 is 2.37 bits per heavy atom. The third-order valence-electron chi connectivity index (χ3n) is 2.78. The van der Waals surface area contributed by atoms with Crippen LogP contribution >= 0.6 is 0 Å². The number of hydrogen-bond acceptors (Lipinski definition) is 4. The number of aromatic nitrogens is 3. The van der Waals surface area contributed by atoms with Gasteiger partial charge in [-0.05, 0) is 19.1 Å². The molecule has 2 aromatic rings. The summed E-state index contributed by atoms with van der Waals surface area (Å²) in [5, 5.41) is 4.44. The van der Waals surface area contributed by atoms with Gasteiger partial charge in [0.05, 0.1) is 0 Å². The third-order valence-corrected chi connectivity index (χ3v) is 2.78. The lowest BCUT2D eigenvalue weighted by Gasteiger charge is -2.10. The number of hydrogen-bond donors (Lipinski definition) is 1. The molecule has 19 heavy (non-hydrogen) atoms. The van der Waals surface area contributed by atoms with Crippen molar-refractivity contribution in [2.45, 2.75) is 13.5 Å². The van der Waals surface area contributed by atoms with Crippen molar-refractivity contribution in [2.75, 3.05) is 19.0 Å². The van der Waals surface area contributed by atoms with Crippen LogP contribution in [0.4, 0.5) is 5.95 Å². The fourth-order valence-corrected chi connectivity index (χ4v) is 1.78. The van der Waals surface area contributed by atoms with Crippen LogP contribution in [0.25, 0.3) is 11.4 Å².